The summed E-state index contributed by atoms with van der Waals surface area (Å²) in [5.74, 6) is 0.350. The molecule has 0 aliphatic carbocycles. The summed E-state index contributed by atoms with van der Waals surface area (Å²) in [6, 6.07) is 10.3. The molecule has 0 bridgehead atoms. The van der Waals surface area contributed by atoms with Gasteiger partial charge in [-0.15, -0.1) is 0 Å². The number of benzene rings is 1. The van der Waals surface area contributed by atoms with Crippen LogP contribution in [0, 0.1) is 0 Å². The largest absolute Gasteiger partial charge is 0.491 e. The van der Waals surface area contributed by atoms with E-state index in [-0.39, 0.29) is 17.9 Å². The lowest BCUT2D eigenvalue weighted by Crippen LogP contribution is -2.53. The van der Waals surface area contributed by atoms with E-state index in [0.29, 0.717) is 25.3 Å². The molecule has 7 nitrogen and oxygen atoms in total. The maximum absolute atomic E-state index is 13.2. The predicted octanol–water partition coefficient (Wildman–Crippen LogP) is 1.55. The Morgan fingerprint density at radius 3 is 2.79 bits per heavy atom. The molecule has 3 rings (SSSR count). The minimum absolute atomic E-state index is 0.118. The van der Waals surface area contributed by atoms with E-state index in [4.69, 9.17) is 4.74 Å². The van der Waals surface area contributed by atoms with Crippen molar-refractivity contribution in [1.29, 1.82) is 0 Å². The van der Waals surface area contributed by atoms with E-state index in [1.165, 1.54) is 6.20 Å². The molecule has 2 atom stereocenters. The molecule has 0 radical (unpaired) electrons. The second-order valence-electron chi connectivity index (χ2n) is 7.24. The van der Waals surface area contributed by atoms with E-state index in [1.54, 1.807) is 30.2 Å². The third-order valence-corrected chi connectivity index (χ3v) is 4.69. The van der Waals surface area contributed by atoms with Crippen LogP contribution in [-0.2, 0) is 11.3 Å². The molecule has 1 aromatic carbocycles. The number of nitrogens with zero attached hydrogens (tertiary/aromatic N) is 3. The van der Waals surface area contributed by atoms with Crippen molar-refractivity contribution in [2.45, 2.75) is 25.6 Å². The number of fused-ring (bicyclic) bond motifs is 1. The standard InChI is InChI=1S/C21H26N4O3/c1-15(23-20(26)16-8-6-10-22-11-16)21(27)25-12-17-7-4-5-9-19(17)28-14-18(25)13-24(2)3/h4-11,15,18H,12-14H2,1-3H3,(H,23,26). The lowest BCUT2D eigenvalue weighted by atomic mass is 10.1. The van der Waals surface area contributed by atoms with Crippen LogP contribution in [0.15, 0.2) is 48.8 Å². The van der Waals surface area contributed by atoms with Gasteiger partial charge in [0.25, 0.3) is 5.91 Å². The van der Waals surface area contributed by atoms with Gasteiger partial charge in [0.05, 0.1) is 11.6 Å². The number of nitrogens with one attached hydrogen (secondary N) is 1. The third kappa shape index (κ3) is 4.67. The molecule has 2 aromatic rings. The van der Waals surface area contributed by atoms with Crippen molar-refractivity contribution in [3.05, 3.63) is 59.9 Å². The molecular weight excluding hydrogens is 356 g/mol. The number of rotatable bonds is 5. The van der Waals surface area contributed by atoms with Crippen LogP contribution in [0.2, 0.25) is 0 Å². The molecule has 1 aliphatic rings. The summed E-state index contributed by atoms with van der Waals surface area (Å²) in [5.41, 5.74) is 1.39. The molecular formula is C21H26N4O3. The van der Waals surface area contributed by atoms with E-state index in [1.807, 2.05) is 43.3 Å². The van der Waals surface area contributed by atoms with Crippen LogP contribution < -0.4 is 10.1 Å². The van der Waals surface area contributed by atoms with Gasteiger partial charge in [0.1, 0.15) is 18.4 Å². The van der Waals surface area contributed by atoms with Gasteiger partial charge in [-0.25, -0.2) is 0 Å². The lowest BCUT2D eigenvalue weighted by Gasteiger charge is -2.33. The van der Waals surface area contributed by atoms with Gasteiger partial charge in [0, 0.05) is 31.0 Å². The molecule has 7 heteroatoms. The summed E-state index contributed by atoms with van der Waals surface area (Å²) in [5, 5.41) is 2.79. The Morgan fingerprint density at radius 1 is 1.29 bits per heavy atom. The summed E-state index contributed by atoms with van der Waals surface area (Å²) in [6.45, 7) is 3.23. The molecule has 1 aromatic heterocycles. The number of likely N-dealkylation sites (N-methyl/N-ethyl adjacent to an activating group) is 1. The number of para-hydroxylation sites is 1. The SMILES string of the molecule is CC(NC(=O)c1cccnc1)C(=O)N1Cc2ccccc2OCC1CN(C)C. The summed E-state index contributed by atoms with van der Waals surface area (Å²) in [6.07, 6.45) is 3.09. The average molecular weight is 382 g/mol. The van der Waals surface area contributed by atoms with Crippen molar-refractivity contribution in [3.63, 3.8) is 0 Å². The number of amides is 2. The minimum Gasteiger partial charge on any atom is -0.491 e. The van der Waals surface area contributed by atoms with Crippen molar-refractivity contribution < 1.29 is 14.3 Å². The van der Waals surface area contributed by atoms with E-state index in [2.05, 4.69) is 10.3 Å². The van der Waals surface area contributed by atoms with Gasteiger partial charge in [0.2, 0.25) is 5.91 Å². The van der Waals surface area contributed by atoms with Crippen LogP contribution in [0.25, 0.3) is 0 Å². The second kappa shape index (κ2) is 8.84. The van der Waals surface area contributed by atoms with E-state index < -0.39 is 6.04 Å². The highest BCUT2D eigenvalue weighted by Crippen LogP contribution is 2.25. The first-order valence-electron chi connectivity index (χ1n) is 9.32. The summed E-state index contributed by atoms with van der Waals surface area (Å²) in [7, 11) is 3.93. The van der Waals surface area contributed by atoms with Crippen LogP contribution in [-0.4, -0.2) is 65.9 Å². The molecule has 148 valence electrons. The Bertz CT molecular complexity index is 825. The minimum atomic E-state index is -0.664. The number of aromatic nitrogens is 1. The van der Waals surface area contributed by atoms with E-state index in [9.17, 15) is 9.59 Å². The van der Waals surface area contributed by atoms with Crippen LogP contribution in [0.5, 0.6) is 5.75 Å². The van der Waals surface area contributed by atoms with Crippen molar-refractivity contribution >= 4 is 11.8 Å². The third-order valence-electron chi connectivity index (χ3n) is 4.69. The van der Waals surface area contributed by atoms with Crippen LogP contribution in [0.3, 0.4) is 0 Å². The van der Waals surface area contributed by atoms with Crippen molar-refractivity contribution in [3.8, 4) is 5.75 Å². The molecule has 0 saturated heterocycles. The van der Waals surface area contributed by atoms with Crippen molar-refractivity contribution in [2.24, 2.45) is 0 Å². The van der Waals surface area contributed by atoms with Gasteiger partial charge in [0.15, 0.2) is 0 Å². The Hall–Kier alpha value is -2.93. The fourth-order valence-corrected chi connectivity index (χ4v) is 3.28. The first-order chi connectivity index (χ1) is 13.5. The summed E-state index contributed by atoms with van der Waals surface area (Å²) < 4.78 is 5.96. The van der Waals surface area contributed by atoms with E-state index in [0.717, 1.165) is 11.3 Å². The molecule has 2 heterocycles. The molecule has 0 spiro atoms. The highest BCUT2D eigenvalue weighted by atomic mass is 16.5. The molecule has 1 N–H and O–H groups in total. The molecule has 0 fully saturated rings. The lowest BCUT2D eigenvalue weighted by molar-refractivity contribution is -0.136. The first kappa shape index (κ1) is 19.8. The maximum atomic E-state index is 13.2. The average Bonchev–Trinajstić information content (AvgIpc) is 2.87. The highest BCUT2D eigenvalue weighted by molar-refractivity contribution is 5.97. The zero-order valence-corrected chi connectivity index (χ0v) is 16.5. The number of hydrogen-bond acceptors (Lipinski definition) is 5. The van der Waals surface area contributed by atoms with Crippen LogP contribution in [0.4, 0.5) is 0 Å². The predicted molar refractivity (Wildman–Crippen MR) is 106 cm³/mol. The normalized spacial score (nSPS) is 17.3. The smallest absolute Gasteiger partial charge is 0.253 e. The summed E-state index contributed by atoms with van der Waals surface area (Å²) in [4.78, 5) is 33.4. The maximum Gasteiger partial charge on any atom is 0.253 e. The van der Waals surface area contributed by atoms with Gasteiger partial charge in [-0.1, -0.05) is 18.2 Å². The number of carbonyl (C=O) groups excluding carboxylic acids is 2. The Balaban J connectivity index is 1.78. The molecule has 2 unspecified atom stereocenters. The van der Waals surface area contributed by atoms with Crippen LogP contribution in [0.1, 0.15) is 22.8 Å². The molecule has 0 saturated carbocycles. The van der Waals surface area contributed by atoms with Gasteiger partial charge in [-0.2, -0.15) is 0 Å². The fraction of sp³-hybridized carbons (Fsp3) is 0.381. The highest BCUT2D eigenvalue weighted by Gasteiger charge is 2.32. The number of pyridine rings is 1. The van der Waals surface area contributed by atoms with Gasteiger partial charge in [-0.05, 0) is 39.2 Å². The molecule has 28 heavy (non-hydrogen) atoms. The number of ether oxygens (including phenoxy) is 1. The fourth-order valence-electron chi connectivity index (χ4n) is 3.28. The van der Waals surface area contributed by atoms with E-state index >= 15 is 0 Å². The zero-order valence-electron chi connectivity index (χ0n) is 16.5. The Morgan fingerprint density at radius 2 is 2.07 bits per heavy atom. The quantitative estimate of drug-likeness (QED) is 0.849. The monoisotopic (exact) mass is 382 g/mol. The van der Waals surface area contributed by atoms with Crippen molar-refractivity contribution in [2.75, 3.05) is 27.2 Å². The number of hydrogen-bond donors (Lipinski definition) is 1. The topological polar surface area (TPSA) is 74.8 Å². The molecule has 2 amide bonds. The Kier molecular flexibility index (Phi) is 6.26. The van der Waals surface area contributed by atoms with Gasteiger partial charge >= 0.3 is 0 Å². The first-order valence-corrected chi connectivity index (χ1v) is 9.32. The van der Waals surface area contributed by atoms with Crippen molar-refractivity contribution in [1.82, 2.24) is 20.1 Å². The Labute approximate surface area is 165 Å². The zero-order chi connectivity index (χ0) is 20.1. The number of carbonyl (C=O) groups is 2. The van der Waals surface area contributed by atoms with Crippen LogP contribution >= 0.6 is 0 Å². The van der Waals surface area contributed by atoms with Gasteiger partial charge in [-0.3, -0.25) is 14.6 Å². The second-order valence-corrected chi connectivity index (χ2v) is 7.24. The van der Waals surface area contributed by atoms with Gasteiger partial charge < -0.3 is 19.9 Å². The molecule has 1 aliphatic heterocycles. The summed E-state index contributed by atoms with van der Waals surface area (Å²) >= 11 is 0.